The van der Waals surface area contributed by atoms with E-state index >= 15 is 0 Å². The zero-order chi connectivity index (χ0) is 15.9. The lowest BCUT2D eigenvalue weighted by Gasteiger charge is -2.15. The highest BCUT2D eigenvalue weighted by atomic mass is 35.5. The SMILES string of the molecule is CCCCCCCCCCCCC(Cl)CC(Cl)CC(C)O. The maximum absolute atomic E-state index is 9.27. The maximum atomic E-state index is 9.27. The number of halogens is 2. The van der Waals surface area contributed by atoms with Gasteiger partial charge in [-0.1, -0.05) is 71.1 Å². The molecule has 3 heteroatoms. The second kappa shape index (κ2) is 15.4. The predicted molar refractivity (Wildman–Crippen MR) is 96.7 cm³/mol. The summed E-state index contributed by atoms with van der Waals surface area (Å²) in [6.45, 7) is 4.04. The molecule has 0 heterocycles. The highest BCUT2D eigenvalue weighted by Crippen LogP contribution is 2.21. The lowest BCUT2D eigenvalue weighted by Crippen LogP contribution is -2.14. The van der Waals surface area contributed by atoms with Gasteiger partial charge in [-0.15, -0.1) is 23.2 Å². The van der Waals surface area contributed by atoms with E-state index in [1.54, 1.807) is 6.92 Å². The van der Waals surface area contributed by atoms with E-state index in [2.05, 4.69) is 6.92 Å². The quantitative estimate of drug-likeness (QED) is 0.261. The Balaban J connectivity index is 3.26. The van der Waals surface area contributed by atoms with Crippen LogP contribution in [0.3, 0.4) is 0 Å². The zero-order valence-corrected chi connectivity index (χ0v) is 15.6. The van der Waals surface area contributed by atoms with Crippen LogP contribution in [-0.2, 0) is 0 Å². The molecule has 0 saturated carbocycles. The highest BCUT2D eigenvalue weighted by Gasteiger charge is 2.14. The van der Waals surface area contributed by atoms with Crippen LogP contribution < -0.4 is 0 Å². The van der Waals surface area contributed by atoms with Crippen molar-refractivity contribution in [2.45, 2.75) is 114 Å². The Kier molecular flexibility index (Phi) is 15.8. The van der Waals surface area contributed by atoms with Gasteiger partial charge in [-0.2, -0.15) is 0 Å². The van der Waals surface area contributed by atoms with Crippen molar-refractivity contribution in [3.05, 3.63) is 0 Å². The van der Waals surface area contributed by atoms with Gasteiger partial charge in [0.05, 0.1) is 6.10 Å². The summed E-state index contributed by atoms with van der Waals surface area (Å²) in [7, 11) is 0. The van der Waals surface area contributed by atoms with E-state index in [1.165, 1.54) is 64.2 Å². The molecule has 0 fully saturated rings. The molecule has 0 aliphatic heterocycles. The Hall–Kier alpha value is 0.540. The number of aliphatic hydroxyl groups excluding tert-OH is 1. The molecule has 0 spiro atoms. The van der Waals surface area contributed by atoms with Crippen LogP contribution in [-0.4, -0.2) is 22.0 Å². The molecule has 3 unspecified atom stereocenters. The lowest BCUT2D eigenvalue weighted by molar-refractivity contribution is 0.181. The Morgan fingerprint density at radius 2 is 1.19 bits per heavy atom. The van der Waals surface area contributed by atoms with Crippen molar-refractivity contribution in [1.29, 1.82) is 0 Å². The Morgan fingerprint density at radius 3 is 1.67 bits per heavy atom. The average molecular weight is 339 g/mol. The standard InChI is InChI=1S/C18H36Cl2O/c1-3-4-5-6-7-8-9-10-11-12-13-17(19)15-18(20)14-16(2)21/h16-18,21H,3-15H2,1-2H3. The molecule has 0 aromatic rings. The largest absolute Gasteiger partial charge is 0.393 e. The number of unbranched alkanes of at least 4 members (excludes halogenated alkanes) is 9. The molecule has 128 valence electrons. The van der Waals surface area contributed by atoms with Crippen molar-refractivity contribution >= 4 is 23.2 Å². The number of aliphatic hydroxyl groups is 1. The molecule has 1 N–H and O–H groups in total. The molecular weight excluding hydrogens is 303 g/mol. The molecule has 3 atom stereocenters. The van der Waals surface area contributed by atoms with Crippen molar-refractivity contribution in [2.75, 3.05) is 0 Å². The Bertz CT molecular complexity index is 209. The van der Waals surface area contributed by atoms with E-state index in [-0.39, 0.29) is 16.9 Å². The second-order valence-corrected chi connectivity index (χ2v) is 7.72. The first-order valence-corrected chi connectivity index (χ1v) is 9.89. The van der Waals surface area contributed by atoms with Crippen LogP contribution in [0, 0.1) is 0 Å². The van der Waals surface area contributed by atoms with Crippen LogP contribution in [0.1, 0.15) is 97.3 Å². The molecule has 0 aliphatic carbocycles. The summed E-state index contributed by atoms with van der Waals surface area (Å²) >= 11 is 12.5. The smallest absolute Gasteiger partial charge is 0.0526 e. The Labute approximate surface area is 142 Å². The first-order valence-electron chi connectivity index (χ1n) is 9.02. The van der Waals surface area contributed by atoms with Crippen LogP contribution in [0.4, 0.5) is 0 Å². The van der Waals surface area contributed by atoms with E-state index < -0.39 is 0 Å². The third-order valence-electron chi connectivity index (χ3n) is 3.98. The first-order chi connectivity index (χ1) is 10.1. The molecular formula is C18H36Cl2O. The van der Waals surface area contributed by atoms with Gasteiger partial charge in [0.1, 0.15) is 0 Å². The lowest BCUT2D eigenvalue weighted by atomic mass is 10.0. The third-order valence-corrected chi connectivity index (χ3v) is 4.73. The van der Waals surface area contributed by atoms with Crippen molar-refractivity contribution < 1.29 is 5.11 Å². The maximum Gasteiger partial charge on any atom is 0.0526 e. The third kappa shape index (κ3) is 16.7. The van der Waals surface area contributed by atoms with E-state index in [0.717, 1.165) is 12.8 Å². The number of alkyl halides is 2. The minimum absolute atomic E-state index is 0.00983. The van der Waals surface area contributed by atoms with Crippen LogP contribution in [0.25, 0.3) is 0 Å². The summed E-state index contributed by atoms with van der Waals surface area (Å²) in [6.07, 6.45) is 15.8. The van der Waals surface area contributed by atoms with Crippen molar-refractivity contribution in [3.63, 3.8) is 0 Å². The van der Waals surface area contributed by atoms with Crippen molar-refractivity contribution in [3.8, 4) is 0 Å². The van der Waals surface area contributed by atoms with Crippen LogP contribution in [0.2, 0.25) is 0 Å². The van der Waals surface area contributed by atoms with E-state index in [4.69, 9.17) is 23.2 Å². The van der Waals surface area contributed by atoms with Crippen molar-refractivity contribution in [2.24, 2.45) is 0 Å². The minimum Gasteiger partial charge on any atom is -0.393 e. The first kappa shape index (κ1) is 21.5. The van der Waals surface area contributed by atoms with Gasteiger partial charge in [0, 0.05) is 10.8 Å². The minimum atomic E-state index is -0.325. The van der Waals surface area contributed by atoms with Gasteiger partial charge >= 0.3 is 0 Å². The second-order valence-electron chi connectivity index (χ2n) is 6.49. The number of rotatable bonds is 15. The normalized spacial score (nSPS) is 15.9. The van der Waals surface area contributed by atoms with Gasteiger partial charge in [-0.05, 0) is 26.2 Å². The molecule has 0 rings (SSSR count). The molecule has 0 aromatic heterocycles. The fraction of sp³-hybridized carbons (Fsp3) is 1.00. The van der Waals surface area contributed by atoms with Gasteiger partial charge < -0.3 is 5.11 Å². The van der Waals surface area contributed by atoms with E-state index in [9.17, 15) is 5.11 Å². The van der Waals surface area contributed by atoms with Gasteiger partial charge in [0.2, 0.25) is 0 Å². The molecule has 0 aromatic carbocycles. The summed E-state index contributed by atoms with van der Waals surface area (Å²) in [5, 5.41) is 9.45. The zero-order valence-electron chi connectivity index (χ0n) is 14.1. The van der Waals surface area contributed by atoms with E-state index in [0.29, 0.717) is 6.42 Å². The molecule has 0 aliphatic rings. The molecule has 0 radical (unpaired) electrons. The van der Waals surface area contributed by atoms with E-state index in [1.807, 2.05) is 0 Å². The van der Waals surface area contributed by atoms with Crippen molar-refractivity contribution in [1.82, 2.24) is 0 Å². The monoisotopic (exact) mass is 338 g/mol. The fourth-order valence-electron chi connectivity index (χ4n) is 2.71. The molecule has 0 saturated heterocycles. The number of hydrogen-bond donors (Lipinski definition) is 1. The topological polar surface area (TPSA) is 20.2 Å². The molecule has 21 heavy (non-hydrogen) atoms. The molecule has 0 bridgehead atoms. The summed E-state index contributed by atoms with van der Waals surface area (Å²) in [5.41, 5.74) is 0. The van der Waals surface area contributed by atoms with Gasteiger partial charge in [0.25, 0.3) is 0 Å². The van der Waals surface area contributed by atoms with Gasteiger partial charge in [-0.3, -0.25) is 0 Å². The summed E-state index contributed by atoms with van der Waals surface area (Å²) < 4.78 is 0. The van der Waals surface area contributed by atoms with Gasteiger partial charge in [0.15, 0.2) is 0 Å². The van der Waals surface area contributed by atoms with Crippen LogP contribution >= 0.6 is 23.2 Å². The van der Waals surface area contributed by atoms with Gasteiger partial charge in [-0.25, -0.2) is 0 Å². The molecule has 0 amide bonds. The summed E-state index contributed by atoms with van der Waals surface area (Å²) in [6, 6.07) is 0. The summed E-state index contributed by atoms with van der Waals surface area (Å²) in [5.74, 6) is 0. The Morgan fingerprint density at radius 1 is 0.714 bits per heavy atom. The predicted octanol–water partition coefficient (Wildman–Crippen LogP) is 6.67. The number of hydrogen-bond acceptors (Lipinski definition) is 1. The average Bonchev–Trinajstić information content (AvgIpc) is 2.39. The highest BCUT2D eigenvalue weighted by molar-refractivity contribution is 6.23. The summed E-state index contributed by atoms with van der Waals surface area (Å²) in [4.78, 5) is 0. The van der Waals surface area contributed by atoms with Crippen LogP contribution in [0.5, 0.6) is 0 Å². The molecule has 1 nitrogen and oxygen atoms in total. The fourth-order valence-corrected chi connectivity index (χ4v) is 3.65. The van der Waals surface area contributed by atoms with Crippen LogP contribution in [0.15, 0.2) is 0 Å².